The predicted molar refractivity (Wildman–Crippen MR) is 71.6 cm³/mol. The number of carboxylic acids is 1. The molecule has 18 heavy (non-hydrogen) atoms. The van der Waals surface area contributed by atoms with Gasteiger partial charge in [0.15, 0.2) is 0 Å². The van der Waals surface area contributed by atoms with Crippen LogP contribution < -0.4 is 0 Å². The lowest BCUT2D eigenvalue weighted by Gasteiger charge is -2.31. The standard InChI is InChI=1S/C10H20N2O4S2/c1-4-9-12(8(7-17-9)10(13)14)18(15,16)11(5-2)6-3/h8-9H,4-7H2,1-3H3,(H,13,14). The zero-order valence-corrected chi connectivity index (χ0v) is 12.5. The third-order valence-electron chi connectivity index (χ3n) is 2.97. The molecule has 1 N–H and O–H groups in total. The van der Waals surface area contributed by atoms with Gasteiger partial charge in [-0.2, -0.15) is 17.0 Å². The van der Waals surface area contributed by atoms with Gasteiger partial charge in [0.25, 0.3) is 10.2 Å². The first-order chi connectivity index (χ1) is 8.39. The minimum Gasteiger partial charge on any atom is -0.480 e. The van der Waals surface area contributed by atoms with Gasteiger partial charge in [-0.1, -0.05) is 20.8 Å². The molecule has 0 bridgehead atoms. The molecule has 2 unspecified atom stereocenters. The quantitative estimate of drug-likeness (QED) is 0.785. The molecule has 1 saturated heterocycles. The minimum atomic E-state index is -3.69. The summed E-state index contributed by atoms with van der Waals surface area (Å²) in [6.07, 6.45) is 0.606. The fourth-order valence-electron chi connectivity index (χ4n) is 2.02. The second kappa shape index (κ2) is 6.23. The summed E-state index contributed by atoms with van der Waals surface area (Å²) in [5, 5.41) is 8.87. The summed E-state index contributed by atoms with van der Waals surface area (Å²) in [6, 6.07) is -0.953. The van der Waals surface area contributed by atoms with Crippen LogP contribution in [-0.4, -0.2) is 58.4 Å². The van der Waals surface area contributed by atoms with Gasteiger partial charge in [0.1, 0.15) is 6.04 Å². The van der Waals surface area contributed by atoms with Gasteiger partial charge in [-0.15, -0.1) is 11.8 Å². The largest absolute Gasteiger partial charge is 0.480 e. The van der Waals surface area contributed by atoms with Gasteiger partial charge < -0.3 is 5.11 Å². The summed E-state index contributed by atoms with van der Waals surface area (Å²) in [4.78, 5) is 11.2. The average Bonchev–Trinajstić information content (AvgIpc) is 2.74. The van der Waals surface area contributed by atoms with Gasteiger partial charge in [0, 0.05) is 18.8 Å². The van der Waals surface area contributed by atoms with E-state index in [1.807, 2.05) is 6.92 Å². The lowest BCUT2D eigenvalue weighted by atomic mass is 10.3. The van der Waals surface area contributed by atoms with E-state index in [0.29, 0.717) is 25.3 Å². The molecule has 1 fully saturated rings. The molecular weight excluding hydrogens is 276 g/mol. The molecule has 0 saturated carbocycles. The van der Waals surface area contributed by atoms with E-state index < -0.39 is 22.2 Å². The molecule has 1 aliphatic heterocycles. The minimum absolute atomic E-state index is 0.281. The Morgan fingerprint density at radius 3 is 2.33 bits per heavy atom. The second-order valence-corrected chi connectivity index (χ2v) is 7.02. The molecule has 106 valence electrons. The van der Waals surface area contributed by atoms with E-state index in [2.05, 4.69) is 0 Å². The fraction of sp³-hybridized carbons (Fsp3) is 0.900. The van der Waals surface area contributed by atoms with Crippen molar-refractivity contribution >= 4 is 27.9 Å². The van der Waals surface area contributed by atoms with Crippen molar-refractivity contribution in [3.63, 3.8) is 0 Å². The Kier molecular flexibility index (Phi) is 5.45. The van der Waals surface area contributed by atoms with Crippen LogP contribution in [0.3, 0.4) is 0 Å². The van der Waals surface area contributed by atoms with Gasteiger partial charge in [-0.25, -0.2) is 0 Å². The van der Waals surface area contributed by atoms with Crippen molar-refractivity contribution in [2.24, 2.45) is 0 Å². The molecule has 0 radical (unpaired) electrons. The van der Waals surface area contributed by atoms with Crippen LogP contribution in [0.25, 0.3) is 0 Å². The molecule has 0 aromatic heterocycles. The monoisotopic (exact) mass is 296 g/mol. The Bertz CT molecular complexity index is 395. The van der Waals surface area contributed by atoms with Gasteiger partial charge in [-0.05, 0) is 6.42 Å². The molecule has 6 nitrogen and oxygen atoms in total. The molecule has 0 aromatic rings. The highest BCUT2D eigenvalue weighted by molar-refractivity contribution is 8.01. The molecule has 1 aliphatic rings. The van der Waals surface area contributed by atoms with Crippen LogP contribution in [0.1, 0.15) is 27.2 Å². The lowest BCUT2D eigenvalue weighted by Crippen LogP contribution is -2.51. The van der Waals surface area contributed by atoms with E-state index in [-0.39, 0.29) is 5.37 Å². The first-order valence-corrected chi connectivity index (χ1v) is 8.47. The van der Waals surface area contributed by atoms with E-state index in [4.69, 9.17) is 5.11 Å². The number of rotatable bonds is 6. The van der Waals surface area contributed by atoms with Gasteiger partial charge >= 0.3 is 5.97 Å². The lowest BCUT2D eigenvalue weighted by molar-refractivity contribution is -0.140. The zero-order valence-electron chi connectivity index (χ0n) is 10.9. The highest BCUT2D eigenvalue weighted by Crippen LogP contribution is 2.34. The molecule has 0 aromatic carbocycles. The molecule has 0 spiro atoms. The average molecular weight is 296 g/mol. The number of hydrogen-bond acceptors (Lipinski definition) is 4. The van der Waals surface area contributed by atoms with Crippen molar-refractivity contribution in [3.05, 3.63) is 0 Å². The topological polar surface area (TPSA) is 77.9 Å². The first kappa shape index (κ1) is 15.7. The SMILES string of the molecule is CCC1SCC(C(=O)O)N1S(=O)(=O)N(CC)CC. The number of nitrogens with zero attached hydrogens (tertiary/aromatic N) is 2. The summed E-state index contributed by atoms with van der Waals surface area (Å²) in [7, 11) is -3.69. The molecule has 1 rings (SSSR count). The first-order valence-electron chi connectivity index (χ1n) is 6.03. The van der Waals surface area contributed by atoms with Crippen molar-refractivity contribution < 1.29 is 18.3 Å². The molecular formula is C10H20N2O4S2. The van der Waals surface area contributed by atoms with E-state index in [1.165, 1.54) is 16.1 Å². The number of hydrogen-bond donors (Lipinski definition) is 1. The highest BCUT2D eigenvalue weighted by Gasteiger charge is 2.46. The molecule has 2 atom stereocenters. The van der Waals surface area contributed by atoms with Gasteiger partial charge in [0.05, 0.1) is 5.37 Å². The number of thioether (sulfide) groups is 1. The zero-order chi connectivity index (χ0) is 13.9. The molecule has 8 heteroatoms. The fourth-order valence-corrected chi connectivity index (χ4v) is 5.71. The molecule has 0 aliphatic carbocycles. The Balaban J connectivity index is 3.11. The Morgan fingerprint density at radius 2 is 1.94 bits per heavy atom. The summed E-state index contributed by atoms with van der Waals surface area (Å²) in [6.45, 7) is 6.07. The summed E-state index contributed by atoms with van der Waals surface area (Å²) >= 11 is 1.39. The maximum Gasteiger partial charge on any atom is 0.322 e. The number of carbonyl (C=O) groups is 1. The van der Waals surface area contributed by atoms with Crippen molar-refractivity contribution in [2.45, 2.75) is 38.6 Å². The Labute approximate surface area is 113 Å². The predicted octanol–water partition coefficient (Wildman–Crippen LogP) is 0.811. The van der Waals surface area contributed by atoms with Crippen LogP contribution >= 0.6 is 11.8 Å². The number of carboxylic acid groups (broad SMARTS) is 1. The Hall–Kier alpha value is -0.310. The van der Waals surface area contributed by atoms with Crippen LogP contribution in [0.15, 0.2) is 0 Å². The molecule has 0 amide bonds. The molecule has 1 heterocycles. The number of aliphatic carboxylic acids is 1. The smallest absolute Gasteiger partial charge is 0.322 e. The van der Waals surface area contributed by atoms with E-state index in [1.54, 1.807) is 13.8 Å². The van der Waals surface area contributed by atoms with Gasteiger partial charge in [0.2, 0.25) is 0 Å². The Morgan fingerprint density at radius 1 is 1.39 bits per heavy atom. The van der Waals surface area contributed by atoms with Gasteiger partial charge in [-0.3, -0.25) is 4.79 Å². The third-order valence-corrected chi connectivity index (χ3v) is 6.77. The van der Waals surface area contributed by atoms with E-state index in [9.17, 15) is 13.2 Å². The summed E-state index contributed by atoms with van der Waals surface area (Å²) in [5.74, 6) is -0.761. The van der Waals surface area contributed by atoms with Crippen molar-refractivity contribution in [3.8, 4) is 0 Å². The highest BCUT2D eigenvalue weighted by atomic mass is 32.2. The normalized spacial score (nSPS) is 25.8. The van der Waals surface area contributed by atoms with Crippen LogP contribution in [0.5, 0.6) is 0 Å². The maximum atomic E-state index is 12.5. The van der Waals surface area contributed by atoms with Crippen LogP contribution in [0.4, 0.5) is 0 Å². The van der Waals surface area contributed by atoms with Crippen LogP contribution in [0, 0.1) is 0 Å². The van der Waals surface area contributed by atoms with Crippen LogP contribution in [0.2, 0.25) is 0 Å². The van der Waals surface area contributed by atoms with Crippen LogP contribution in [-0.2, 0) is 15.0 Å². The summed E-state index contributed by atoms with van der Waals surface area (Å²) in [5.41, 5.74) is 0. The third kappa shape index (κ3) is 2.81. The summed E-state index contributed by atoms with van der Waals surface area (Å²) < 4.78 is 27.4. The van der Waals surface area contributed by atoms with E-state index in [0.717, 1.165) is 4.31 Å². The maximum absolute atomic E-state index is 12.5. The van der Waals surface area contributed by atoms with Crippen molar-refractivity contribution in [2.75, 3.05) is 18.8 Å². The van der Waals surface area contributed by atoms with Crippen molar-refractivity contribution in [1.29, 1.82) is 0 Å². The second-order valence-electron chi connectivity index (χ2n) is 3.97. The van der Waals surface area contributed by atoms with E-state index >= 15 is 0 Å². The van der Waals surface area contributed by atoms with Crippen molar-refractivity contribution in [1.82, 2.24) is 8.61 Å².